The maximum Gasteiger partial charge on any atom is 0.471 e. The van der Waals surface area contributed by atoms with Crippen molar-refractivity contribution in [2.24, 2.45) is 0 Å². The average Bonchev–Trinajstić information content (AvgIpc) is 2.71. The largest absolute Gasteiger partial charge is 0.471 e. The van der Waals surface area contributed by atoms with E-state index in [4.69, 9.17) is 9.47 Å². The van der Waals surface area contributed by atoms with Crippen molar-refractivity contribution < 1.29 is 37.0 Å². The first-order chi connectivity index (χ1) is 15.4. The molecule has 186 valence electrons. The Kier molecular flexibility index (Phi) is 11.5. The van der Waals surface area contributed by atoms with Gasteiger partial charge in [-0.15, -0.1) is 0 Å². The van der Waals surface area contributed by atoms with Gasteiger partial charge in [0.15, 0.2) is 0 Å². The van der Waals surface area contributed by atoms with Crippen LogP contribution in [0.4, 0.5) is 22.8 Å². The van der Waals surface area contributed by atoms with E-state index in [2.05, 4.69) is 10.6 Å². The third kappa shape index (κ3) is 13.2. The van der Waals surface area contributed by atoms with Crippen molar-refractivity contribution in [1.29, 1.82) is 0 Å². The van der Waals surface area contributed by atoms with Gasteiger partial charge in [0.25, 0.3) is 0 Å². The smallest absolute Gasteiger partial charge is 0.445 e. The highest BCUT2D eigenvalue weighted by Gasteiger charge is 2.42. The summed E-state index contributed by atoms with van der Waals surface area (Å²) in [5.41, 5.74) is 0.108. The minimum Gasteiger partial charge on any atom is -0.445 e. The molecule has 0 radical (unpaired) electrons. The summed E-state index contributed by atoms with van der Waals surface area (Å²) >= 11 is 0. The first-order valence-corrected chi connectivity index (χ1v) is 10.7. The Labute approximate surface area is 191 Å². The molecule has 11 heteroatoms. The standard InChI is InChI=1S/C22H32F3N3O5/c1-21(2,3)33-20(31)27-13-15-28(18(29)22(23,24)25)14-9-5-8-12-26-19(30)32-16-17-10-6-4-7-11-17/h4,6-7,10-11H,5,8-9,12-16H2,1-3H3,(H,26,30)(H,27,31). The van der Waals surface area contributed by atoms with Crippen LogP contribution in [0.1, 0.15) is 45.6 Å². The molecule has 0 aromatic heterocycles. The number of alkyl carbamates (subject to hydrolysis) is 2. The molecular weight excluding hydrogens is 443 g/mol. The van der Waals surface area contributed by atoms with E-state index < -0.39 is 29.9 Å². The summed E-state index contributed by atoms with van der Waals surface area (Å²) in [5, 5.41) is 4.91. The summed E-state index contributed by atoms with van der Waals surface area (Å²) < 4.78 is 48.6. The lowest BCUT2D eigenvalue weighted by Gasteiger charge is -2.24. The number of unbranched alkanes of at least 4 members (excludes halogenated alkanes) is 2. The van der Waals surface area contributed by atoms with Gasteiger partial charge in [0, 0.05) is 26.2 Å². The maximum absolute atomic E-state index is 12.9. The molecule has 33 heavy (non-hydrogen) atoms. The summed E-state index contributed by atoms with van der Waals surface area (Å²) in [5.74, 6) is -1.96. The van der Waals surface area contributed by atoms with Crippen LogP contribution in [0, 0.1) is 0 Å². The molecule has 0 fully saturated rings. The van der Waals surface area contributed by atoms with Crippen molar-refractivity contribution in [3.05, 3.63) is 35.9 Å². The van der Waals surface area contributed by atoms with Gasteiger partial charge in [-0.1, -0.05) is 30.3 Å². The quantitative estimate of drug-likeness (QED) is 0.472. The second kappa shape index (κ2) is 13.5. The second-order valence-electron chi connectivity index (χ2n) is 8.27. The molecule has 0 spiro atoms. The van der Waals surface area contributed by atoms with Crippen LogP contribution in [-0.2, 0) is 20.9 Å². The van der Waals surface area contributed by atoms with Gasteiger partial charge in [-0.2, -0.15) is 13.2 Å². The third-order valence-corrected chi connectivity index (χ3v) is 4.17. The molecule has 0 atom stereocenters. The Morgan fingerprint density at radius 2 is 1.52 bits per heavy atom. The van der Waals surface area contributed by atoms with Gasteiger partial charge in [0.2, 0.25) is 0 Å². The summed E-state index contributed by atoms with van der Waals surface area (Å²) in [6, 6.07) is 9.16. The second-order valence-corrected chi connectivity index (χ2v) is 8.27. The Bertz CT molecular complexity index is 752. The Balaban J connectivity index is 2.30. The number of carbonyl (C=O) groups excluding carboxylic acids is 3. The van der Waals surface area contributed by atoms with Gasteiger partial charge in [0.05, 0.1) is 0 Å². The predicted octanol–water partition coefficient (Wildman–Crippen LogP) is 4.00. The number of amides is 3. The molecule has 2 N–H and O–H groups in total. The van der Waals surface area contributed by atoms with Crippen LogP contribution in [0.25, 0.3) is 0 Å². The summed E-state index contributed by atoms with van der Waals surface area (Å²) in [7, 11) is 0. The van der Waals surface area contributed by atoms with Crippen molar-refractivity contribution >= 4 is 18.1 Å². The molecule has 8 nitrogen and oxygen atoms in total. The van der Waals surface area contributed by atoms with Crippen molar-refractivity contribution in [3.63, 3.8) is 0 Å². The monoisotopic (exact) mass is 475 g/mol. The highest BCUT2D eigenvalue weighted by Crippen LogP contribution is 2.18. The van der Waals surface area contributed by atoms with Gasteiger partial charge in [-0.25, -0.2) is 9.59 Å². The topological polar surface area (TPSA) is 97.0 Å². The van der Waals surface area contributed by atoms with Crippen molar-refractivity contribution in [2.75, 3.05) is 26.2 Å². The molecule has 0 bridgehead atoms. The number of alkyl halides is 3. The van der Waals surface area contributed by atoms with E-state index >= 15 is 0 Å². The molecular formula is C22H32F3N3O5. The third-order valence-electron chi connectivity index (χ3n) is 4.17. The fraction of sp³-hybridized carbons (Fsp3) is 0.591. The lowest BCUT2D eigenvalue weighted by molar-refractivity contribution is -0.185. The first-order valence-electron chi connectivity index (χ1n) is 10.7. The number of halogens is 3. The van der Waals surface area contributed by atoms with Gasteiger partial charge < -0.3 is 25.0 Å². The summed E-state index contributed by atoms with van der Waals surface area (Å²) in [6.07, 6.45) is -5.07. The van der Waals surface area contributed by atoms with E-state index in [-0.39, 0.29) is 26.2 Å². The van der Waals surface area contributed by atoms with Gasteiger partial charge in [-0.05, 0) is 45.6 Å². The molecule has 0 saturated heterocycles. The van der Waals surface area contributed by atoms with E-state index in [9.17, 15) is 27.6 Å². The molecule has 1 aromatic carbocycles. The molecule has 0 aliphatic rings. The Hall–Kier alpha value is -2.98. The van der Waals surface area contributed by atoms with Crippen LogP contribution >= 0.6 is 0 Å². The van der Waals surface area contributed by atoms with Crippen molar-refractivity contribution in [2.45, 2.75) is 58.4 Å². The van der Waals surface area contributed by atoms with Crippen LogP contribution in [0.5, 0.6) is 0 Å². The van der Waals surface area contributed by atoms with Crippen LogP contribution in [-0.4, -0.2) is 60.9 Å². The molecule has 0 saturated carbocycles. The van der Waals surface area contributed by atoms with E-state index in [0.29, 0.717) is 30.7 Å². The molecule has 0 unspecified atom stereocenters. The van der Waals surface area contributed by atoms with E-state index in [1.165, 1.54) is 0 Å². The van der Waals surface area contributed by atoms with E-state index in [0.717, 1.165) is 5.56 Å². The molecule has 0 aliphatic carbocycles. The fourth-order valence-corrected chi connectivity index (χ4v) is 2.67. The molecule has 3 amide bonds. The maximum atomic E-state index is 12.9. The number of hydrogen-bond acceptors (Lipinski definition) is 5. The van der Waals surface area contributed by atoms with Crippen LogP contribution in [0.15, 0.2) is 30.3 Å². The SMILES string of the molecule is CC(C)(C)OC(=O)NCCN(CCCCCNC(=O)OCc1ccccc1)C(=O)C(F)(F)F. The number of rotatable bonds is 11. The highest BCUT2D eigenvalue weighted by molar-refractivity contribution is 5.81. The predicted molar refractivity (Wildman–Crippen MR) is 115 cm³/mol. The number of benzene rings is 1. The summed E-state index contributed by atoms with van der Waals surface area (Å²) in [4.78, 5) is 35.6. The van der Waals surface area contributed by atoms with Crippen molar-refractivity contribution in [3.8, 4) is 0 Å². The van der Waals surface area contributed by atoms with Crippen LogP contribution in [0.2, 0.25) is 0 Å². The number of hydrogen-bond donors (Lipinski definition) is 2. The molecule has 1 rings (SSSR count). The zero-order valence-electron chi connectivity index (χ0n) is 19.2. The molecule has 0 heterocycles. The zero-order valence-corrected chi connectivity index (χ0v) is 19.2. The highest BCUT2D eigenvalue weighted by atomic mass is 19.4. The minimum absolute atomic E-state index is 0.132. The van der Waals surface area contributed by atoms with Crippen LogP contribution < -0.4 is 10.6 Å². The number of carbonyl (C=O) groups is 3. The Morgan fingerprint density at radius 1 is 0.879 bits per heavy atom. The first kappa shape index (κ1) is 28.1. The van der Waals surface area contributed by atoms with Gasteiger partial charge in [0.1, 0.15) is 12.2 Å². The zero-order chi connectivity index (χ0) is 24.9. The van der Waals surface area contributed by atoms with Gasteiger partial charge >= 0.3 is 24.3 Å². The number of nitrogens with one attached hydrogen (secondary N) is 2. The van der Waals surface area contributed by atoms with Crippen LogP contribution in [0.3, 0.4) is 0 Å². The number of nitrogens with zero attached hydrogens (tertiary/aromatic N) is 1. The normalized spacial score (nSPS) is 11.5. The fourth-order valence-electron chi connectivity index (χ4n) is 2.67. The van der Waals surface area contributed by atoms with Crippen molar-refractivity contribution in [1.82, 2.24) is 15.5 Å². The van der Waals surface area contributed by atoms with E-state index in [1.54, 1.807) is 20.8 Å². The minimum atomic E-state index is -5.00. The lowest BCUT2D eigenvalue weighted by atomic mass is 10.2. The number of ether oxygens (including phenoxy) is 2. The Morgan fingerprint density at radius 3 is 2.12 bits per heavy atom. The van der Waals surface area contributed by atoms with Gasteiger partial charge in [-0.3, -0.25) is 4.79 Å². The summed E-state index contributed by atoms with van der Waals surface area (Å²) in [6.45, 7) is 4.79. The lowest BCUT2D eigenvalue weighted by Crippen LogP contribution is -2.45. The average molecular weight is 476 g/mol. The molecule has 0 aliphatic heterocycles. The molecule has 1 aromatic rings. The van der Waals surface area contributed by atoms with E-state index in [1.807, 2.05) is 30.3 Å².